The topological polar surface area (TPSA) is 0 Å². The first-order valence-electron chi connectivity index (χ1n) is 9.21. The monoisotopic (exact) mass is 278 g/mol. The van der Waals surface area contributed by atoms with Gasteiger partial charge in [0.05, 0.1) is 0 Å². The van der Waals surface area contributed by atoms with E-state index in [1.54, 1.807) is 0 Å². The third-order valence-electron chi connectivity index (χ3n) is 3.78. The lowest BCUT2D eigenvalue weighted by molar-refractivity contribution is 0.620. The van der Waals surface area contributed by atoms with E-state index in [0.717, 1.165) is 0 Å². The number of hydrogen-bond acceptors (Lipinski definition) is 0. The molecule has 0 fully saturated rings. The van der Waals surface area contributed by atoms with Crippen LogP contribution in [0.1, 0.15) is 104 Å². The summed E-state index contributed by atoms with van der Waals surface area (Å²) in [6.07, 6.45) is 28.5. The summed E-state index contributed by atoms with van der Waals surface area (Å²) in [6.45, 7) is 4.48. The molecule has 0 aromatic rings. The van der Waals surface area contributed by atoms with E-state index in [1.165, 1.54) is 89.9 Å². The molecule has 20 heavy (non-hydrogen) atoms. The van der Waals surface area contributed by atoms with Crippen molar-refractivity contribution in [3.63, 3.8) is 0 Å². The van der Waals surface area contributed by atoms with Crippen LogP contribution in [0.4, 0.5) is 0 Å². The summed E-state index contributed by atoms with van der Waals surface area (Å²) >= 11 is 0. The maximum Gasteiger partial charge on any atom is -0.0351 e. The van der Waals surface area contributed by atoms with Gasteiger partial charge in [0.15, 0.2) is 0 Å². The third kappa shape index (κ3) is 17.5. The van der Waals surface area contributed by atoms with Crippen molar-refractivity contribution in [3.8, 4) is 0 Å². The normalized spacial score (nSPS) is 11.9. The summed E-state index contributed by atoms with van der Waals surface area (Å²) in [5.41, 5.74) is 0. The van der Waals surface area contributed by atoms with Gasteiger partial charge in [0.2, 0.25) is 0 Å². The highest BCUT2D eigenvalue weighted by molar-refractivity contribution is 4.81. The van der Waals surface area contributed by atoms with Crippen LogP contribution < -0.4 is 0 Å². The van der Waals surface area contributed by atoms with Crippen molar-refractivity contribution in [3.05, 3.63) is 24.3 Å². The second kappa shape index (κ2) is 18.5. The molecule has 0 aromatic carbocycles. The molecule has 0 aliphatic rings. The zero-order chi connectivity index (χ0) is 14.7. The van der Waals surface area contributed by atoms with Crippen molar-refractivity contribution >= 4 is 0 Å². The molecule has 118 valence electrons. The molecule has 0 rings (SSSR count). The predicted octanol–water partition coefficient (Wildman–Crippen LogP) is 7.60. The average molecular weight is 279 g/mol. The molecule has 0 saturated carbocycles. The van der Waals surface area contributed by atoms with E-state index in [2.05, 4.69) is 38.2 Å². The summed E-state index contributed by atoms with van der Waals surface area (Å²) in [5, 5.41) is 0. The van der Waals surface area contributed by atoms with E-state index >= 15 is 0 Å². The highest BCUT2D eigenvalue weighted by Crippen LogP contribution is 2.09. The molecule has 0 aliphatic heterocycles. The number of unbranched alkanes of at least 4 members (excludes halogenated alkanes) is 11. The first kappa shape index (κ1) is 19.5. The van der Waals surface area contributed by atoms with E-state index in [-0.39, 0.29) is 0 Å². The van der Waals surface area contributed by atoms with Crippen molar-refractivity contribution in [2.45, 2.75) is 104 Å². The summed E-state index contributed by atoms with van der Waals surface area (Å²) < 4.78 is 0. The van der Waals surface area contributed by atoms with E-state index in [1.807, 2.05) is 0 Å². The van der Waals surface area contributed by atoms with Gasteiger partial charge in [-0.3, -0.25) is 0 Å². The van der Waals surface area contributed by atoms with Crippen LogP contribution in [0.3, 0.4) is 0 Å². The lowest BCUT2D eigenvalue weighted by Gasteiger charge is -1.98. The molecule has 0 atom stereocenters. The fourth-order valence-corrected chi connectivity index (χ4v) is 2.44. The maximum absolute atomic E-state index is 2.41. The van der Waals surface area contributed by atoms with Gasteiger partial charge in [0.1, 0.15) is 0 Å². The van der Waals surface area contributed by atoms with Gasteiger partial charge in [-0.25, -0.2) is 0 Å². The van der Waals surface area contributed by atoms with Crippen molar-refractivity contribution in [1.82, 2.24) is 0 Å². The highest BCUT2D eigenvalue weighted by atomic mass is 14.0. The van der Waals surface area contributed by atoms with E-state index in [4.69, 9.17) is 0 Å². The SMILES string of the molecule is CC/C=C/CCCCCCC/C=C/CCCCCCC. The molecule has 0 aliphatic carbocycles. The highest BCUT2D eigenvalue weighted by Gasteiger charge is 1.89. The van der Waals surface area contributed by atoms with Crippen molar-refractivity contribution in [2.24, 2.45) is 0 Å². The summed E-state index contributed by atoms with van der Waals surface area (Å²) in [6, 6.07) is 0. The predicted molar refractivity (Wildman–Crippen MR) is 94.3 cm³/mol. The molecule has 0 amide bonds. The second-order valence-corrected chi connectivity index (χ2v) is 5.90. The Bertz CT molecular complexity index is 212. The van der Waals surface area contributed by atoms with Gasteiger partial charge in [-0.2, -0.15) is 0 Å². The first-order valence-corrected chi connectivity index (χ1v) is 9.21. The van der Waals surface area contributed by atoms with Crippen molar-refractivity contribution in [1.29, 1.82) is 0 Å². The molecule has 0 heterocycles. The van der Waals surface area contributed by atoms with Crippen LogP contribution >= 0.6 is 0 Å². The fourth-order valence-electron chi connectivity index (χ4n) is 2.44. The largest absolute Gasteiger partial charge is 0.0888 e. The number of allylic oxidation sites excluding steroid dienone is 4. The lowest BCUT2D eigenvalue weighted by atomic mass is 10.1. The molecule has 0 radical (unpaired) electrons. The molecular formula is C20H38. The minimum atomic E-state index is 1.19. The Labute approximate surface area is 128 Å². The molecule has 0 heteroatoms. The summed E-state index contributed by atoms with van der Waals surface area (Å²) in [7, 11) is 0. The molecule has 0 spiro atoms. The number of hydrogen-bond donors (Lipinski definition) is 0. The maximum atomic E-state index is 2.41. The van der Waals surface area contributed by atoms with Gasteiger partial charge < -0.3 is 0 Å². The van der Waals surface area contributed by atoms with Crippen LogP contribution in [0.15, 0.2) is 24.3 Å². The van der Waals surface area contributed by atoms with Crippen LogP contribution in [-0.2, 0) is 0 Å². The van der Waals surface area contributed by atoms with Crippen molar-refractivity contribution in [2.75, 3.05) is 0 Å². The van der Waals surface area contributed by atoms with Gasteiger partial charge >= 0.3 is 0 Å². The summed E-state index contributed by atoms with van der Waals surface area (Å²) in [4.78, 5) is 0. The van der Waals surface area contributed by atoms with Crippen LogP contribution in [0, 0.1) is 0 Å². The Morgan fingerprint density at radius 2 is 0.850 bits per heavy atom. The van der Waals surface area contributed by atoms with Crippen LogP contribution in [-0.4, -0.2) is 0 Å². The second-order valence-electron chi connectivity index (χ2n) is 5.90. The fraction of sp³-hybridized carbons (Fsp3) is 0.800. The van der Waals surface area contributed by atoms with E-state index in [0.29, 0.717) is 0 Å². The zero-order valence-electron chi connectivity index (χ0n) is 14.2. The van der Waals surface area contributed by atoms with Gasteiger partial charge in [0.25, 0.3) is 0 Å². The van der Waals surface area contributed by atoms with Crippen LogP contribution in [0.2, 0.25) is 0 Å². The zero-order valence-corrected chi connectivity index (χ0v) is 14.2. The molecule has 0 unspecified atom stereocenters. The molecule has 0 N–H and O–H groups in total. The Morgan fingerprint density at radius 1 is 0.450 bits per heavy atom. The van der Waals surface area contributed by atoms with Crippen LogP contribution in [0.25, 0.3) is 0 Å². The Morgan fingerprint density at radius 3 is 1.30 bits per heavy atom. The minimum Gasteiger partial charge on any atom is -0.0888 e. The van der Waals surface area contributed by atoms with Crippen molar-refractivity contribution < 1.29 is 0 Å². The average Bonchev–Trinajstić information content (AvgIpc) is 2.47. The van der Waals surface area contributed by atoms with Crippen LogP contribution in [0.5, 0.6) is 0 Å². The molecule has 0 bridgehead atoms. The lowest BCUT2D eigenvalue weighted by Crippen LogP contribution is -1.79. The van der Waals surface area contributed by atoms with Gasteiger partial charge in [-0.05, 0) is 44.9 Å². The van der Waals surface area contributed by atoms with E-state index in [9.17, 15) is 0 Å². The van der Waals surface area contributed by atoms with Gasteiger partial charge in [0, 0.05) is 0 Å². The van der Waals surface area contributed by atoms with E-state index < -0.39 is 0 Å². The Balaban J connectivity index is 3.06. The summed E-state index contributed by atoms with van der Waals surface area (Å²) in [5.74, 6) is 0. The van der Waals surface area contributed by atoms with Gasteiger partial charge in [-0.15, -0.1) is 0 Å². The third-order valence-corrected chi connectivity index (χ3v) is 3.78. The molecule has 0 saturated heterocycles. The van der Waals surface area contributed by atoms with Gasteiger partial charge in [-0.1, -0.05) is 83.1 Å². The molecular weight excluding hydrogens is 240 g/mol. The number of rotatable bonds is 15. The molecule has 0 aromatic heterocycles. The smallest absolute Gasteiger partial charge is 0.0351 e. The Kier molecular flexibility index (Phi) is 18.0. The standard InChI is InChI=1S/C20H38/c1-3-5-7-9-11-13-15-17-19-20-18-16-14-12-10-8-6-4-2/h5,7,16,18H,3-4,6,8-15,17,19-20H2,1-2H3/b7-5+,18-16+. The minimum absolute atomic E-state index is 1.19. The molecule has 0 nitrogen and oxygen atoms in total. The quantitative estimate of drug-likeness (QED) is 0.214. The Hall–Kier alpha value is -0.520. The first-order chi connectivity index (χ1) is 9.91.